The minimum atomic E-state index is 0.784. The van der Waals surface area contributed by atoms with Crippen molar-refractivity contribution in [2.75, 3.05) is 0 Å². The molecule has 3 aromatic rings. The molecular weight excluding hydrogens is 336 g/mol. The molecule has 6 rings (SSSR count). The van der Waals surface area contributed by atoms with Crippen molar-refractivity contribution in [2.24, 2.45) is 23.7 Å². The normalized spacial score (nSPS) is 32.8. The van der Waals surface area contributed by atoms with Gasteiger partial charge in [-0.3, -0.25) is 0 Å². The van der Waals surface area contributed by atoms with Gasteiger partial charge in [0, 0.05) is 0 Å². The highest BCUT2D eigenvalue weighted by Crippen LogP contribution is 2.55. The van der Waals surface area contributed by atoms with Crippen LogP contribution in [0.25, 0.3) is 21.5 Å². The van der Waals surface area contributed by atoms with Gasteiger partial charge in [-0.2, -0.15) is 0 Å². The first-order valence-corrected chi connectivity index (χ1v) is 11.8. The molecule has 0 aliphatic heterocycles. The lowest BCUT2D eigenvalue weighted by molar-refractivity contribution is 0.0393. The molecule has 28 heavy (non-hydrogen) atoms. The van der Waals surface area contributed by atoms with Crippen LogP contribution in [-0.4, -0.2) is 0 Å². The van der Waals surface area contributed by atoms with Crippen molar-refractivity contribution in [1.82, 2.24) is 0 Å². The first-order chi connectivity index (χ1) is 13.9. The highest BCUT2D eigenvalue weighted by atomic mass is 14.5. The van der Waals surface area contributed by atoms with E-state index in [2.05, 4.69) is 54.6 Å². The molecule has 3 saturated carbocycles. The second-order valence-corrected chi connectivity index (χ2v) is 10.0. The van der Waals surface area contributed by atoms with Crippen LogP contribution in [-0.2, 0) is 0 Å². The third kappa shape index (κ3) is 2.79. The maximum atomic E-state index is 2.48. The van der Waals surface area contributed by atoms with Crippen molar-refractivity contribution >= 4 is 21.5 Å². The van der Waals surface area contributed by atoms with Crippen molar-refractivity contribution in [3.8, 4) is 0 Å². The van der Waals surface area contributed by atoms with Gasteiger partial charge in [-0.15, -0.1) is 0 Å². The van der Waals surface area contributed by atoms with E-state index in [1.165, 1.54) is 72.9 Å². The molecule has 0 aromatic heterocycles. The zero-order valence-electron chi connectivity index (χ0n) is 16.9. The number of hydrogen-bond acceptors (Lipinski definition) is 0. The molecule has 3 aromatic carbocycles. The van der Waals surface area contributed by atoms with Gasteiger partial charge < -0.3 is 0 Å². The zero-order chi connectivity index (χ0) is 18.5. The SMILES string of the molecule is c1ccc2cc3c(C4CCCC5CC6CCCCC6CC54)cccc3cc2c1. The van der Waals surface area contributed by atoms with Gasteiger partial charge in [-0.25, -0.2) is 0 Å². The van der Waals surface area contributed by atoms with Gasteiger partial charge >= 0.3 is 0 Å². The monoisotopic (exact) mass is 368 g/mol. The molecule has 0 saturated heterocycles. The van der Waals surface area contributed by atoms with E-state index in [4.69, 9.17) is 0 Å². The molecule has 144 valence electrons. The molecule has 3 aliphatic carbocycles. The molecule has 0 nitrogen and oxygen atoms in total. The molecule has 0 amide bonds. The van der Waals surface area contributed by atoms with E-state index in [9.17, 15) is 0 Å². The second kappa shape index (κ2) is 6.90. The van der Waals surface area contributed by atoms with E-state index in [0.717, 1.165) is 29.6 Å². The maximum absolute atomic E-state index is 2.48. The van der Waals surface area contributed by atoms with Crippen LogP contribution >= 0.6 is 0 Å². The fraction of sp³-hybridized carbons (Fsp3) is 0.500. The Morgan fingerprint density at radius 2 is 1.29 bits per heavy atom. The molecule has 5 atom stereocenters. The smallest absolute Gasteiger partial charge is 0.0125 e. The third-order valence-corrected chi connectivity index (χ3v) is 8.64. The molecule has 0 heterocycles. The topological polar surface area (TPSA) is 0 Å². The zero-order valence-corrected chi connectivity index (χ0v) is 16.9. The lowest BCUT2D eigenvalue weighted by Crippen LogP contribution is -2.38. The van der Waals surface area contributed by atoms with Gasteiger partial charge in [0.1, 0.15) is 0 Å². The van der Waals surface area contributed by atoms with Crippen molar-refractivity contribution in [1.29, 1.82) is 0 Å². The average molecular weight is 369 g/mol. The molecule has 0 spiro atoms. The largest absolute Gasteiger partial charge is 0.0616 e. The second-order valence-electron chi connectivity index (χ2n) is 10.0. The van der Waals surface area contributed by atoms with Gasteiger partial charge in [0.25, 0.3) is 0 Å². The molecule has 3 aliphatic rings. The van der Waals surface area contributed by atoms with Crippen LogP contribution in [0.5, 0.6) is 0 Å². The minimum Gasteiger partial charge on any atom is -0.0616 e. The Balaban J connectivity index is 1.42. The highest BCUT2D eigenvalue weighted by molar-refractivity contribution is 5.99. The molecule has 0 bridgehead atoms. The Labute approximate surface area is 169 Å². The summed E-state index contributed by atoms with van der Waals surface area (Å²) in [5.74, 6) is 4.81. The summed E-state index contributed by atoms with van der Waals surface area (Å²) >= 11 is 0. The highest BCUT2D eigenvalue weighted by Gasteiger charge is 2.43. The van der Waals surface area contributed by atoms with Crippen LogP contribution in [0.15, 0.2) is 54.6 Å². The molecular formula is C28H32. The molecule has 0 radical (unpaired) electrons. The van der Waals surface area contributed by atoms with Gasteiger partial charge in [0.05, 0.1) is 0 Å². The van der Waals surface area contributed by atoms with Crippen LogP contribution < -0.4 is 0 Å². The summed E-state index contributed by atoms with van der Waals surface area (Å²) in [5.41, 5.74) is 1.66. The predicted molar refractivity (Wildman–Crippen MR) is 120 cm³/mol. The van der Waals surface area contributed by atoms with Crippen molar-refractivity contribution in [2.45, 2.75) is 63.7 Å². The molecule has 0 N–H and O–H groups in total. The third-order valence-electron chi connectivity index (χ3n) is 8.64. The lowest BCUT2D eigenvalue weighted by atomic mass is 9.56. The summed E-state index contributed by atoms with van der Waals surface area (Å²) in [4.78, 5) is 0. The van der Waals surface area contributed by atoms with Crippen molar-refractivity contribution < 1.29 is 0 Å². The Morgan fingerprint density at radius 1 is 0.571 bits per heavy atom. The molecule has 3 fully saturated rings. The number of rotatable bonds is 1. The lowest BCUT2D eigenvalue weighted by Gasteiger charge is -2.49. The van der Waals surface area contributed by atoms with Crippen LogP contribution in [0.3, 0.4) is 0 Å². The van der Waals surface area contributed by atoms with Gasteiger partial charge in [0.15, 0.2) is 0 Å². The van der Waals surface area contributed by atoms with Crippen LogP contribution in [0.2, 0.25) is 0 Å². The van der Waals surface area contributed by atoms with Crippen LogP contribution in [0.1, 0.15) is 69.3 Å². The fourth-order valence-electron chi connectivity index (χ4n) is 7.35. The summed E-state index contributed by atoms with van der Waals surface area (Å²) in [7, 11) is 0. The van der Waals surface area contributed by atoms with E-state index < -0.39 is 0 Å². The summed E-state index contributed by atoms with van der Waals surface area (Å²) in [6.07, 6.45) is 13.4. The Hall–Kier alpha value is -1.82. The van der Waals surface area contributed by atoms with E-state index >= 15 is 0 Å². The standard InChI is InChI=1S/C28H32/c1-3-9-21-17-27-23(15-19(21)7-1)11-5-13-25(27)26-14-6-12-24-16-20-8-2-4-10-22(20)18-28(24)26/h1,3,5,7,9,11,13,15,17,20,22,24,26,28H,2,4,6,8,10,12,14,16,18H2. The first-order valence-electron chi connectivity index (χ1n) is 11.8. The number of hydrogen-bond donors (Lipinski definition) is 0. The van der Waals surface area contributed by atoms with E-state index in [1.807, 2.05) is 0 Å². The number of fused-ring (bicyclic) bond motifs is 4. The Kier molecular flexibility index (Phi) is 4.21. The number of benzene rings is 3. The summed E-state index contributed by atoms with van der Waals surface area (Å²) in [6.45, 7) is 0. The molecule has 0 heteroatoms. The van der Waals surface area contributed by atoms with E-state index in [0.29, 0.717) is 0 Å². The van der Waals surface area contributed by atoms with E-state index in [-0.39, 0.29) is 0 Å². The fourth-order valence-corrected chi connectivity index (χ4v) is 7.35. The van der Waals surface area contributed by atoms with E-state index in [1.54, 1.807) is 12.0 Å². The van der Waals surface area contributed by atoms with Crippen LogP contribution in [0.4, 0.5) is 0 Å². The Morgan fingerprint density at radius 3 is 2.14 bits per heavy atom. The van der Waals surface area contributed by atoms with Crippen molar-refractivity contribution in [3.05, 3.63) is 60.2 Å². The maximum Gasteiger partial charge on any atom is -0.0125 e. The quantitative estimate of drug-likeness (QED) is 0.381. The predicted octanol–water partition coefficient (Wildman–Crippen LogP) is 8.09. The van der Waals surface area contributed by atoms with Crippen molar-refractivity contribution in [3.63, 3.8) is 0 Å². The first kappa shape index (κ1) is 17.1. The average Bonchev–Trinajstić information content (AvgIpc) is 2.75. The minimum absolute atomic E-state index is 0.784. The summed E-state index contributed by atoms with van der Waals surface area (Å²) in [5, 5.41) is 5.73. The van der Waals surface area contributed by atoms with Gasteiger partial charge in [-0.05, 0) is 88.1 Å². The van der Waals surface area contributed by atoms with Crippen LogP contribution in [0, 0.1) is 23.7 Å². The van der Waals surface area contributed by atoms with Gasteiger partial charge in [-0.1, -0.05) is 81.0 Å². The summed E-state index contributed by atoms with van der Waals surface area (Å²) in [6, 6.07) is 20.9. The summed E-state index contributed by atoms with van der Waals surface area (Å²) < 4.78 is 0. The molecule has 5 unspecified atom stereocenters. The Bertz CT molecular complexity index is 999. The van der Waals surface area contributed by atoms with Gasteiger partial charge in [0.2, 0.25) is 0 Å².